The fraction of sp³-hybridized carbons (Fsp3) is 0.409. The van der Waals surface area contributed by atoms with Crippen molar-refractivity contribution >= 4 is 23.1 Å². The Balaban J connectivity index is 1.39. The van der Waals surface area contributed by atoms with Crippen LogP contribution in [0.5, 0.6) is 5.75 Å². The van der Waals surface area contributed by atoms with E-state index in [1.54, 1.807) is 37.4 Å². The summed E-state index contributed by atoms with van der Waals surface area (Å²) in [5.74, 6) is 1.16. The predicted octanol–water partition coefficient (Wildman–Crippen LogP) is 4.02. The maximum absolute atomic E-state index is 13.3. The normalized spacial score (nSPS) is 15.0. The zero-order valence-electron chi connectivity index (χ0n) is 18.6. The molecule has 3 aromatic rings. The number of thiazole rings is 1. The van der Waals surface area contributed by atoms with Gasteiger partial charge in [-0.2, -0.15) is 18.2 Å². The van der Waals surface area contributed by atoms with E-state index in [0.717, 1.165) is 28.1 Å². The number of aromatic nitrogens is 3. The topological polar surface area (TPSA) is 57.6 Å². The van der Waals surface area contributed by atoms with Crippen molar-refractivity contribution in [3.8, 4) is 16.3 Å². The minimum Gasteiger partial charge on any atom is -0.497 e. The molecule has 0 spiro atoms. The Morgan fingerprint density at radius 1 is 1.03 bits per heavy atom. The van der Waals surface area contributed by atoms with Gasteiger partial charge >= 0.3 is 6.18 Å². The van der Waals surface area contributed by atoms with Crippen molar-refractivity contribution < 1.29 is 17.9 Å². The molecule has 0 radical (unpaired) electrons. The van der Waals surface area contributed by atoms with Gasteiger partial charge in [0.05, 0.1) is 12.8 Å². The Hall–Kier alpha value is -2.92. The van der Waals surface area contributed by atoms with E-state index in [2.05, 4.69) is 14.9 Å². The van der Waals surface area contributed by atoms with Crippen LogP contribution >= 0.6 is 11.3 Å². The number of hydrogen-bond donors (Lipinski definition) is 0. The number of benzene rings is 1. The Bertz CT molecular complexity index is 1080. The van der Waals surface area contributed by atoms with Gasteiger partial charge in [-0.3, -0.25) is 4.90 Å². The molecule has 2 aromatic heterocycles. The molecule has 4 rings (SSSR count). The van der Waals surface area contributed by atoms with E-state index in [1.165, 1.54) is 0 Å². The number of hydrogen-bond acceptors (Lipinski definition) is 8. The fourth-order valence-corrected chi connectivity index (χ4v) is 4.34. The summed E-state index contributed by atoms with van der Waals surface area (Å²) in [7, 11) is 4.97. The number of halogens is 3. The lowest BCUT2D eigenvalue weighted by Crippen LogP contribution is -2.46. The molecule has 1 aromatic carbocycles. The number of ether oxygens (including phenoxy) is 1. The van der Waals surface area contributed by atoms with Gasteiger partial charge in [0.15, 0.2) is 5.69 Å². The average molecular weight is 479 g/mol. The van der Waals surface area contributed by atoms with Gasteiger partial charge in [-0.15, -0.1) is 11.3 Å². The molecule has 1 saturated heterocycles. The quantitative estimate of drug-likeness (QED) is 0.531. The molecule has 0 amide bonds. The van der Waals surface area contributed by atoms with Crippen molar-refractivity contribution in [1.29, 1.82) is 0 Å². The fourth-order valence-electron chi connectivity index (χ4n) is 3.52. The predicted molar refractivity (Wildman–Crippen MR) is 123 cm³/mol. The first-order valence-corrected chi connectivity index (χ1v) is 11.3. The molecule has 3 heterocycles. The Morgan fingerprint density at radius 3 is 2.33 bits per heavy atom. The second kappa shape index (κ2) is 9.52. The first-order chi connectivity index (χ1) is 15.7. The number of anilines is 2. The van der Waals surface area contributed by atoms with Gasteiger partial charge in [0.1, 0.15) is 16.6 Å². The lowest BCUT2D eigenvalue weighted by Gasteiger charge is -2.34. The van der Waals surface area contributed by atoms with Gasteiger partial charge in [0.25, 0.3) is 0 Å². The summed E-state index contributed by atoms with van der Waals surface area (Å²) in [5.41, 5.74) is 1.09. The molecule has 7 nitrogen and oxygen atoms in total. The molecular weight excluding hydrogens is 453 g/mol. The first kappa shape index (κ1) is 23.2. The van der Waals surface area contributed by atoms with Crippen LogP contribution in [0.2, 0.25) is 0 Å². The molecule has 0 bridgehead atoms. The van der Waals surface area contributed by atoms with Gasteiger partial charge in [-0.05, 0) is 24.3 Å². The van der Waals surface area contributed by atoms with Crippen molar-refractivity contribution in [3.05, 3.63) is 47.1 Å². The summed E-state index contributed by atoms with van der Waals surface area (Å²) >= 11 is 1.59. The summed E-state index contributed by atoms with van der Waals surface area (Å²) in [6, 6.07) is 8.76. The van der Waals surface area contributed by atoms with E-state index in [1.807, 2.05) is 34.5 Å². The van der Waals surface area contributed by atoms with Gasteiger partial charge in [-0.25, -0.2) is 9.97 Å². The van der Waals surface area contributed by atoms with E-state index in [9.17, 15) is 13.2 Å². The average Bonchev–Trinajstić information content (AvgIpc) is 3.27. The number of methoxy groups -OCH3 is 1. The van der Waals surface area contributed by atoms with E-state index in [-0.39, 0.29) is 11.8 Å². The number of rotatable bonds is 6. The summed E-state index contributed by atoms with van der Waals surface area (Å²) in [6.45, 7) is 3.15. The van der Waals surface area contributed by atoms with Crippen molar-refractivity contribution in [1.82, 2.24) is 19.9 Å². The molecule has 0 unspecified atom stereocenters. The monoisotopic (exact) mass is 478 g/mol. The third-order valence-corrected chi connectivity index (χ3v) is 6.32. The van der Waals surface area contributed by atoms with Crippen LogP contribution in [0.3, 0.4) is 0 Å². The SMILES string of the molecule is COc1ccc(-c2nc(CN3CCN(c4nc(N(C)C)cc(C(F)(F)F)n4)CC3)cs2)cc1. The molecule has 0 saturated carbocycles. The molecule has 176 valence electrons. The molecular formula is C22H25F3N6OS. The van der Waals surface area contributed by atoms with Gasteiger partial charge in [0, 0.05) is 63.8 Å². The van der Waals surface area contributed by atoms with Crippen molar-refractivity contribution in [2.45, 2.75) is 12.7 Å². The highest BCUT2D eigenvalue weighted by atomic mass is 32.1. The highest BCUT2D eigenvalue weighted by Gasteiger charge is 2.35. The molecule has 0 atom stereocenters. The van der Waals surface area contributed by atoms with Gasteiger partial charge in [0.2, 0.25) is 5.95 Å². The third kappa shape index (κ3) is 5.53. The molecule has 33 heavy (non-hydrogen) atoms. The standard InChI is InChI=1S/C22H25F3N6OS/c1-29(2)19-12-18(22(23,24)25)27-21(28-19)31-10-8-30(9-11-31)13-16-14-33-20(26-16)15-4-6-17(32-3)7-5-15/h4-7,12,14H,8-11,13H2,1-3H3. The number of nitrogens with zero attached hydrogens (tertiary/aromatic N) is 6. The minimum absolute atomic E-state index is 0.114. The summed E-state index contributed by atoms with van der Waals surface area (Å²) in [6.07, 6.45) is -4.52. The van der Waals surface area contributed by atoms with E-state index in [0.29, 0.717) is 32.7 Å². The minimum atomic E-state index is -4.52. The third-order valence-electron chi connectivity index (χ3n) is 5.38. The van der Waals surface area contributed by atoms with Crippen LogP contribution < -0.4 is 14.5 Å². The smallest absolute Gasteiger partial charge is 0.433 e. The molecule has 1 aliphatic heterocycles. The second-order valence-electron chi connectivity index (χ2n) is 7.94. The molecule has 0 aliphatic carbocycles. The van der Waals surface area contributed by atoms with Crippen molar-refractivity contribution in [2.75, 3.05) is 57.2 Å². The molecule has 1 aliphatic rings. The van der Waals surface area contributed by atoms with E-state index >= 15 is 0 Å². The lowest BCUT2D eigenvalue weighted by atomic mass is 10.2. The van der Waals surface area contributed by atoms with Crippen LogP contribution in [0.15, 0.2) is 35.7 Å². The van der Waals surface area contributed by atoms with Crippen molar-refractivity contribution in [2.24, 2.45) is 0 Å². The summed E-state index contributed by atoms with van der Waals surface area (Å²) < 4.78 is 45.1. The maximum Gasteiger partial charge on any atom is 0.433 e. The molecule has 1 fully saturated rings. The lowest BCUT2D eigenvalue weighted by molar-refractivity contribution is -0.141. The van der Waals surface area contributed by atoms with E-state index < -0.39 is 11.9 Å². The number of piperazine rings is 1. The van der Waals surface area contributed by atoms with Crippen LogP contribution in [0, 0.1) is 0 Å². The summed E-state index contributed by atoms with van der Waals surface area (Å²) in [5, 5.41) is 2.99. The van der Waals surface area contributed by atoms with Crippen LogP contribution in [0.1, 0.15) is 11.4 Å². The second-order valence-corrected chi connectivity index (χ2v) is 8.80. The Kier molecular flexibility index (Phi) is 6.71. The Labute approximate surface area is 194 Å². The van der Waals surface area contributed by atoms with Gasteiger partial charge in [-0.1, -0.05) is 0 Å². The highest BCUT2D eigenvalue weighted by Crippen LogP contribution is 2.31. The van der Waals surface area contributed by atoms with Crippen LogP contribution in [-0.4, -0.2) is 67.2 Å². The van der Waals surface area contributed by atoms with Crippen LogP contribution in [0.4, 0.5) is 24.9 Å². The van der Waals surface area contributed by atoms with Crippen LogP contribution in [-0.2, 0) is 12.7 Å². The zero-order chi connectivity index (χ0) is 23.6. The maximum atomic E-state index is 13.3. The zero-order valence-corrected chi connectivity index (χ0v) is 19.4. The van der Waals surface area contributed by atoms with Gasteiger partial charge < -0.3 is 14.5 Å². The first-order valence-electron chi connectivity index (χ1n) is 10.4. The Morgan fingerprint density at radius 2 is 1.73 bits per heavy atom. The number of alkyl halides is 3. The van der Waals surface area contributed by atoms with E-state index in [4.69, 9.17) is 9.72 Å². The molecule has 0 N–H and O–H groups in total. The summed E-state index contributed by atoms with van der Waals surface area (Å²) in [4.78, 5) is 18.5. The van der Waals surface area contributed by atoms with Crippen molar-refractivity contribution in [3.63, 3.8) is 0 Å². The largest absolute Gasteiger partial charge is 0.497 e. The van der Waals surface area contributed by atoms with Crippen LogP contribution in [0.25, 0.3) is 10.6 Å². The highest BCUT2D eigenvalue weighted by molar-refractivity contribution is 7.13. The molecule has 11 heteroatoms.